The molecule has 0 bridgehead atoms. The molecular formula is C20H21FN6O. The SMILES string of the molecule is Cc1cn2cc(NC(=O)c3cnc(N4C[C@@H](C)C5(CC5)C4)cn3)cc(F)c2n1. The van der Waals surface area contributed by atoms with Crippen LogP contribution < -0.4 is 10.2 Å². The molecule has 2 aliphatic rings. The van der Waals surface area contributed by atoms with Crippen molar-refractivity contribution in [3.05, 3.63) is 48.1 Å². The monoisotopic (exact) mass is 380 g/mol. The van der Waals surface area contributed by atoms with Gasteiger partial charge in [0.25, 0.3) is 5.91 Å². The van der Waals surface area contributed by atoms with Gasteiger partial charge in [0.1, 0.15) is 11.5 Å². The molecule has 0 aromatic carbocycles. The van der Waals surface area contributed by atoms with E-state index in [0.29, 0.717) is 22.7 Å². The van der Waals surface area contributed by atoms with Crippen LogP contribution in [0.5, 0.6) is 0 Å². The summed E-state index contributed by atoms with van der Waals surface area (Å²) in [5, 5.41) is 2.68. The lowest BCUT2D eigenvalue weighted by Gasteiger charge is -2.16. The van der Waals surface area contributed by atoms with Gasteiger partial charge < -0.3 is 14.6 Å². The van der Waals surface area contributed by atoms with Crippen molar-refractivity contribution in [2.45, 2.75) is 26.7 Å². The molecule has 1 saturated heterocycles. The number of aromatic nitrogens is 4. The van der Waals surface area contributed by atoms with Gasteiger partial charge in [-0.3, -0.25) is 4.79 Å². The van der Waals surface area contributed by atoms with Crippen molar-refractivity contribution >= 4 is 23.1 Å². The van der Waals surface area contributed by atoms with Gasteiger partial charge in [0.05, 0.1) is 23.8 Å². The van der Waals surface area contributed by atoms with Gasteiger partial charge in [0, 0.05) is 31.5 Å². The Morgan fingerprint density at radius 2 is 2.11 bits per heavy atom. The second-order valence-electron chi connectivity index (χ2n) is 8.05. The number of halogens is 1. The van der Waals surface area contributed by atoms with E-state index in [0.717, 1.165) is 18.9 Å². The number of nitrogens with one attached hydrogen (secondary N) is 1. The molecule has 1 spiro atoms. The summed E-state index contributed by atoms with van der Waals surface area (Å²) in [5.41, 5.74) is 1.93. The average Bonchev–Trinajstić information content (AvgIpc) is 3.24. The second kappa shape index (κ2) is 5.98. The minimum atomic E-state index is -0.496. The molecule has 8 heteroatoms. The van der Waals surface area contributed by atoms with E-state index in [1.807, 2.05) is 0 Å². The quantitative estimate of drug-likeness (QED) is 0.756. The van der Waals surface area contributed by atoms with E-state index in [-0.39, 0.29) is 11.3 Å². The lowest BCUT2D eigenvalue weighted by molar-refractivity contribution is 0.102. The second-order valence-corrected chi connectivity index (χ2v) is 8.05. The smallest absolute Gasteiger partial charge is 0.275 e. The van der Waals surface area contributed by atoms with Gasteiger partial charge in [-0.15, -0.1) is 0 Å². The van der Waals surface area contributed by atoms with Crippen LogP contribution >= 0.6 is 0 Å². The topological polar surface area (TPSA) is 75.4 Å². The first kappa shape index (κ1) is 17.1. The Hall–Kier alpha value is -3.03. The van der Waals surface area contributed by atoms with Gasteiger partial charge >= 0.3 is 0 Å². The molecule has 0 radical (unpaired) electrons. The van der Waals surface area contributed by atoms with Gasteiger partial charge in [0.15, 0.2) is 11.5 Å². The van der Waals surface area contributed by atoms with Crippen molar-refractivity contribution < 1.29 is 9.18 Å². The highest BCUT2D eigenvalue weighted by atomic mass is 19.1. The van der Waals surface area contributed by atoms with Crippen molar-refractivity contribution in [3.63, 3.8) is 0 Å². The molecule has 3 aromatic heterocycles. The molecule has 1 saturated carbocycles. The van der Waals surface area contributed by atoms with Crippen LogP contribution in [0.3, 0.4) is 0 Å². The standard InChI is InChI=1S/C20H21FN6O/c1-12-8-27(11-20(12)3-4-20)17-7-22-16(6-23-17)19(28)25-14-5-15(21)18-24-13(2)9-26(18)10-14/h5-7,9-10,12H,3-4,8,11H2,1-2H3,(H,25,28)/t12-/m1/s1. The first-order valence-corrected chi connectivity index (χ1v) is 9.47. The summed E-state index contributed by atoms with van der Waals surface area (Å²) in [4.78, 5) is 27.6. The van der Waals surface area contributed by atoms with Gasteiger partial charge in [-0.25, -0.2) is 19.3 Å². The molecular weight excluding hydrogens is 359 g/mol. The summed E-state index contributed by atoms with van der Waals surface area (Å²) in [6, 6.07) is 1.25. The van der Waals surface area contributed by atoms with E-state index in [2.05, 4.69) is 32.1 Å². The lowest BCUT2D eigenvalue weighted by Crippen LogP contribution is -2.22. The molecule has 1 aliphatic carbocycles. The molecule has 1 N–H and O–H groups in total. The van der Waals surface area contributed by atoms with Gasteiger partial charge in [0.2, 0.25) is 0 Å². The highest BCUT2D eigenvalue weighted by Crippen LogP contribution is 2.56. The number of aryl methyl sites for hydroxylation is 1. The van der Waals surface area contributed by atoms with Gasteiger partial charge in [-0.2, -0.15) is 0 Å². The van der Waals surface area contributed by atoms with E-state index < -0.39 is 11.7 Å². The Kier molecular flexibility index (Phi) is 3.65. The summed E-state index contributed by atoms with van der Waals surface area (Å²) in [7, 11) is 0. The van der Waals surface area contributed by atoms with Crippen LogP contribution in [0.15, 0.2) is 30.9 Å². The highest BCUT2D eigenvalue weighted by molar-refractivity contribution is 6.02. The highest BCUT2D eigenvalue weighted by Gasteiger charge is 2.53. The molecule has 2 fully saturated rings. The molecule has 1 aliphatic heterocycles. The van der Waals surface area contributed by atoms with Crippen LogP contribution in [0.1, 0.15) is 35.9 Å². The number of fused-ring (bicyclic) bond motifs is 1. The minimum absolute atomic E-state index is 0.194. The van der Waals surface area contributed by atoms with Crippen molar-refractivity contribution in [1.82, 2.24) is 19.4 Å². The Morgan fingerprint density at radius 1 is 1.29 bits per heavy atom. The Bertz CT molecular complexity index is 1070. The number of imidazole rings is 1. The summed E-state index contributed by atoms with van der Waals surface area (Å²) < 4.78 is 15.7. The molecule has 28 heavy (non-hydrogen) atoms. The van der Waals surface area contributed by atoms with Crippen molar-refractivity contribution in [1.29, 1.82) is 0 Å². The number of nitrogens with zero attached hydrogens (tertiary/aromatic N) is 5. The molecule has 0 unspecified atom stereocenters. The number of carbonyl (C=O) groups is 1. The Labute approximate surface area is 161 Å². The molecule has 3 aromatic rings. The summed E-state index contributed by atoms with van der Waals surface area (Å²) in [6.07, 6.45) is 9.02. The number of carbonyl (C=O) groups excluding carboxylic acids is 1. The number of hydrogen-bond donors (Lipinski definition) is 1. The predicted octanol–water partition coefficient (Wildman–Crippen LogP) is 3.06. The fourth-order valence-electron chi connectivity index (χ4n) is 4.16. The molecule has 7 nitrogen and oxygen atoms in total. The first-order chi connectivity index (χ1) is 13.4. The third kappa shape index (κ3) is 2.80. The number of anilines is 2. The fourth-order valence-corrected chi connectivity index (χ4v) is 4.16. The van der Waals surface area contributed by atoms with Gasteiger partial charge in [-0.05, 0) is 31.1 Å². The van der Waals surface area contributed by atoms with Crippen molar-refractivity contribution in [2.24, 2.45) is 11.3 Å². The maximum atomic E-state index is 14.2. The molecule has 4 heterocycles. The first-order valence-electron chi connectivity index (χ1n) is 9.47. The normalized spacial score (nSPS) is 20.1. The molecule has 5 rings (SSSR count). The zero-order valence-electron chi connectivity index (χ0n) is 15.8. The van der Waals surface area contributed by atoms with E-state index in [4.69, 9.17) is 0 Å². The number of amides is 1. The van der Waals surface area contributed by atoms with Crippen LogP contribution in [0.25, 0.3) is 5.65 Å². The van der Waals surface area contributed by atoms with Crippen LogP contribution in [0.4, 0.5) is 15.9 Å². The van der Waals surface area contributed by atoms with Crippen LogP contribution in [-0.4, -0.2) is 38.3 Å². The van der Waals surface area contributed by atoms with Crippen molar-refractivity contribution in [2.75, 3.05) is 23.3 Å². The minimum Gasteiger partial charge on any atom is -0.354 e. The molecule has 1 atom stereocenters. The van der Waals surface area contributed by atoms with Gasteiger partial charge in [-0.1, -0.05) is 6.92 Å². The third-order valence-corrected chi connectivity index (χ3v) is 6.02. The zero-order valence-corrected chi connectivity index (χ0v) is 15.8. The Balaban J connectivity index is 1.32. The lowest BCUT2D eigenvalue weighted by atomic mass is 9.95. The van der Waals surface area contributed by atoms with Crippen LogP contribution in [0, 0.1) is 24.1 Å². The summed E-state index contributed by atoms with van der Waals surface area (Å²) >= 11 is 0. The number of rotatable bonds is 3. The van der Waals surface area contributed by atoms with Crippen molar-refractivity contribution in [3.8, 4) is 0 Å². The van der Waals surface area contributed by atoms with E-state index in [1.54, 1.807) is 29.9 Å². The number of pyridine rings is 1. The zero-order chi connectivity index (χ0) is 19.5. The average molecular weight is 380 g/mol. The molecule has 144 valence electrons. The number of hydrogen-bond acceptors (Lipinski definition) is 5. The third-order valence-electron chi connectivity index (χ3n) is 6.02. The molecule has 1 amide bonds. The van der Waals surface area contributed by atoms with Crippen LogP contribution in [0.2, 0.25) is 0 Å². The van der Waals surface area contributed by atoms with E-state index in [9.17, 15) is 9.18 Å². The Morgan fingerprint density at radius 3 is 2.79 bits per heavy atom. The summed E-state index contributed by atoms with van der Waals surface area (Å²) in [5.74, 6) is 0.537. The van der Waals surface area contributed by atoms with Crippen LogP contribution in [-0.2, 0) is 0 Å². The van der Waals surface area contributed by atoms with E-state index in [1.165, 1.54) is 25.1 Å². The van der Waals surface area contributed by atoms with E-state index >= 15 is 0 Å². The fraction of sp³-hybridized carbons (Fsp3) is 0.400. The predicted molar refractivity (Wildman–Crippen MR) is 103 cm³/mol. The maximum Gasteiger partial charge on any atom is 0.275 e. The summed E-state index contributed by atoms with van der Waals surface area (Å²) in [6.45, 7) is 6.07. The largest absolute Gasteiger partial charge is 0.354 e. The maximum absolute atomic E-state index is 14.2.